The second kappa shape index (κ2) is 4.74. The molecular weight excluding hydrogens is 311 g/mol. The van der Waals surface area contributed by atoms with Crippen LogP contribution in [0.4, 0.5) is 0 Å². The summed E-state index contributed by atoms with van der Waals surface area (Å²) < 4.78 is 0. The summed E-state index contributed by atoms with van der Waals surface area (Å²) in [5.41, 5.74) is 0. The van der Waals surface area contributed by atoms with Crippen LogP contribution in [0, 0.1) is 0 Å². The predicted molar refractivity (Wildman–Crippen MR) is 99.9 cm³/mol. The summed E-state index contributed by atoms with van der Waals surface area (Å²) in [6.45, 7) is 0. The van der Waals surface area contributed by atoms with E-state index < -0.39 is 0 Å². The van der Waals surface area contributed by atoms with Gasteiger partial charge in [-0.15, -0.1) is 12.4 Å². The van der Waals surface area contributed by atoms with E-state index in [0.717, 1.165) is 5.02 Å². The van der Waals surface area contributed by atoms with Crippen LogP contribution in [0.25, 0.3) is 43.1 Å². The normalized spacial score (nSPS) is 11.5. The second-order valence-electron chi connectivity index (χ2n) is 5.54. The van der Waals surface area contributed by atoms with Crippen LogP contribution >= 0.6 is 24.0 Å². The van der Waals surface area contributed by atoms with Crippen LogP contribution in [0.1, 0.15) is 0 Å². The molecule has 0 saturated carbocycles. The summed E-state index contributed by atoms with van der Waals surface area (Å²) >= 11 is 6.56. The van der Waals surface area contributed by atoms with Crippen molar-refractivity contribution < 1.29 is 0 Å². The first-order chi connectivity index (χ1) is 10.3. The van der Waals surface area contributed by atoms with Crippen LogP contribution in [-0.4, -0.2) is 0 Å². The maximum Gasteiger partial charge on any atom is 0.0491 e. The number of hydrogen-bond donors (Lipinski definition) is 0. The van der Waals surface area contributed by atoms with E-state index >= 15 is 0 Å². The molecule has 0 radical (unpaired) electrons. The zero-order valence-corrected chi connectivity index (χ0v) is 13.2. The van der Waals surface area contributed by atoms with Crippen molar-refractivity contribution >= 4 is 67.1 Å². The van der Waals surface area contributed by atoms with E-state index in [1.165, 1.54) is 43.1 Å². The highest BCUT2D eigenvalue weighted by molar-refractivity contribution is 6.43. The highest BCUT2D eigenvalue weighted by Crippen LogP contribution is 2.42. The van der Waals surface area contributed by atoms with Gasteiger partial charge in [-0.05, 0) is 43.8 Å². The summed E-state index contributed by atoms with van der Waals surface area (Å²) in [5.74, 6) is 0. The van der Waals surface area contributed by atoms with Crippen LogP contribution in [0.2, 0.25) is 5.02 Å². The van der Waals surface area contributed by atoms with E-state index in [2.05, 4.69) is 60.7 Å². The van der Waals surface area contributed by atoms with E-state index in [1.54, 1.807) is 0 Å². The third-order valence-electron chi connectivity index (χ3n) is 4.46. The van der Waals surface area contributed by atoms with Gasteiger partial charge in [-0.25, -0.2) is 0 Å². The largest absolute Gasteiger partial charge is 0.147 e. The first kappa shape index (κ1) is 13.6. The lowest BCUT2D eigenvalue weighted by molar-refractivity contribution is 1.78. The van der Waals surface area contributed by atoms with E-state index in [1.807, 2.05) is 6.07 Å². The molecule has 106 valence electrons. The monoisotopic (exact) mass is 322 g/mol. The molecule has 0 aliphatic heterocycles. The molecule has 0 spiro atoms. The lowest BCUT2D eigenvalue weighted by Crippen LogP contribution is -1.87. The fourth-order valence-corrected chi connectivity index (χ4v) is 3.87. The molecule has 0 bridgehead atoms. The van der Waals surface area contributed by atoms with Gasteiger partial charge in [0, 0.05) is 10.4 Å². The fraction of sp³-hybridized carbons (Fsp3) is 0. The molecule has 0 aliphatic carbocycles. The molecule has 0 atom stereocenters. The molecule has 0 heterocycles. The van der Waals surface area contributed by atoms with Crippen molar-refractivity contribution in [2.45, 2.75) is 0 Å². The van der Waals surface area contributed by atoms with Crippen molar-refractivity contribution in [1.29, 1.82) is 0 Å². The molecular formula is C20H12Cl2. The zero-order valence-electron chi connectivity index (χ0n) is 11.6. The molecule has 22 heavy (non-hydrogen) atoms. The molecule has 0 nitrogen and oxygen atoms in total. The Morgan fingerprint density at radius 2 is 1.05 bits per heavy atom. The first-order valence-corrected chi connectivity index (χ1v) is 7.46. The highest BCUT2D eigenvalue weighted by Gasteiger charge is 2.13. The molecule has 0 amide bonds. The smallest absolute Gasteiger partial charge is 0.0491 e. The van der Waals surface area contributed by atoms with Crippen molar-refractivity contribution in [3.05, 3.63) is 71.8 Å². The standard InChI is InChI=1S/C20H11Cl.ClH/c21-17-11-10-13-6-2-8-15-14-7-1-4-12-5-3-9-16(18(12)14)20(17)19(13)15;/h1-11H;1H. The Hall–Kier alpha value is -2.02. The third kappa shape index (κ3) is 1.60. The summed E-state index contributed by atoms with van der Waals surface area (Å²) in [5, 5.41) is 11.0. The summed E-state index contributed by atoms with van der Waals surface area (Å²) in [6.07, 6.45) is 0. The van der Waals surface area contributed by atoms with Crippen molar-refractivity contribution in [3.63, 3.8) is 0 Å². The lowest BCUT2D eigenvalue weighted by atomic mass is 9.90. The minimum absolute atomic E-state index is 0. The van der Waals surface area contributed by atoms with Crippen molar-refractivity contribution in [2.75, 3.05) is 0 Å². The summed E-state index contributed by atoms with van der Waals surface area (Å²) in [6, 6.07) is 23.6. The Labute approximate surface area is 139 Å². The van der Waals surface area contributed by atoms with Gasteiger partial charge >= 0.3 is 0 Å². The van der Waals surface area contributed by atoms with Crippen LogP contribution < -0.4 is 0 Å². The first-order valence-electron chi connectivity index (χ1n) is 7.08. The molecule has 0 saturated heterocycles. The molecule has 5 aromatic carbocycles. The Morgan fingerprint density at radius 1 is 0.500 bits per heavy atom. The molecule has 5 aromatic rings. The molecule has 0 fully saturated rings. The molecule has 2 heteroatoms. The second-order valence-corrected chi connectivity index (χ2v) is 5.94. The lowest BCUT2D eigenvalue weighted by Gasteiger charge is -2.14. The zero-order chi connectivity index (χ0) is 14.0. The van der Waals surface area contributed by atoms with E-state index in [0.29, 0.717) is 0 Å². The predicted octanol–water partition coefficient (Wildman–Crippen LogP) is 6.81. The minimum atomic E-state index is 0. The topological polar surface area (TPSA) is 0 Å². The van der Waals surface area contributed by atoms with Gasteiger partial charge in [0.2, 0.25) is 0 Å². The Kier molecular flexibility index (Phi) is 2.94. The van der Waals surface area contributed by atoms with Crippen LogP contribution in [0.15, 0.2) is 66.7 Å². The van der Waals surface area contributed by atoms with E-state index in [-0.39, 0.29) is 12.4 Å². The average Bonchev–Trinajstić information content (AvgIpc) is 2.53. The molecule has 0 unspecified atom stereocenters. The Balaban J connectivity index is 0.00000125. The molecule has 0 N–H and O–H groups in total. The van der Waals surface area contributed by atoms with Crippen molar-refractivity contribution in [1.82, 2.24) is 0 Å². The van der Waals surface area contributed by atoms with Gasteiger partial charge in [0.15, 0.2) is 0 Å². The average molecular weight is 323 g/mol. The fourth-order valence-electron chi connectivity index (χ4n) is 3.62. The number of fused-ring (bicyclic) bond motifs is 2. The molecule has 0 aliphatic rings. The maximum atomic E-state index is 6.56. The number of rotatable bonds is 0. The maximum absolute atomic E-state index is 6.56. The van der Waals surface area contributed by atoms with Crippen LogP contribution in [0.5, 0.6) is 0 Å². The summed E-state index contributed by atoms with van der Waals surface area (Å²) in [4.78, 5) is 0. The van der Waals surface area contributed by atoms with Gasteiger partial charge in [-0.3, -0.25) is 0 Å². The van der Waals surface area contributed by atoms with Crippen LogP contribution in [0.3, 0.4) is 0 Å². The highest BCUT2D eigenvalue weighted by atomic mass is 35.5. The quantitative estimate of drug-likeness (QED) is 0.217. The molecule has 5 rings (SSSR count). The Morgan fingerprint density at radius 3 is 1.73 bits per heavy atom. The van der Waals surface area contributed by atoms with Gasteiger partial charge in [0.05, 0.1) is 0 Å². The molecule has 0 aromatic heterocycles. The van der Waals surface area contributed by atoms with Gasteiger partial charge in [0.25, 0.3) is 0 Å². The van der Waals surface area contributed by atoms with Gasteiger partial charge in [-0.1, -0.05) is 72.3 Å². The van der Waals surface area contributed by atoms with Gasteiger partial charge < -0.3 is 0 Å². The number of benzene rings is 5. The van der Waals surface area contributed by atoms with Crippen molar-refractivity contribution in [2.24, 2.45) is 0 Å². The van der Waals surface area contributed by atoms with E-state index in [9.17, 15) is 0 Å². The SMILES string of the molecule is Cl.Clc1ccc2cccc3c4cccc5cccc(c1c23)c54. The Bertz CT molecular complexity index is 1140. The van der Waals surface area contributed by atoms with E-state index in [4.69, 9.17) is 11.6 Å². The summed E-state index contributed by atoms with van der Waals surface area (Å²) in [7, 11) is 0. The number of hydrogen-bond acceptors (Lipinski definition) is 0. The number of halogens is 2. The van der Waals surface area contributed by atoms with Gasteiger partial charge in [-0.2, -0.15) is 0 Å². The minimum Gasteiger partial charge on any atom is -0.147 e. The van der Waals surface area contributed by atoms with Crippen molar-refractivity contribution in [3.8, 4) is 0 Å². The van der Waals surface area contributed by atoms with Gasteiger partial charge in [0.1, 0.15) is 0 Å². The third-order valence-corrected chi connectivity index (χ3v) is 4.77. The van der Waals surface area contributed by atoms with Crippen LogP contribution in [-0.2, 0) is 0 Å².